The minimum atomic E-state index is -0.384. The lowest BCUT2D eigenvalue weighted by molar-refractivity contribution is -0.134. The van der Waals surface area contributed by atoms with Crippen LogP contribution in [0.4, 0.5) is 0 Å². The zero-order valence-corrected chi connectivity index (χ0v) is 16.2. The number of hydrogen-bond acceptors (Lipinski definition) is 4. The number of rotatable bonds is 4. The average Bonchev–Trinajstić information content (AvgIpc) is 2.71. The van der Waals surface area contributed by atoms with E-state index in [0.717, 1.165) is 25.1 Å². The van der Waals surface area contributed by atoms with Gasteiger partial charge in [0, 0.05) is 18.5 Å². The molecular formula is C23H31NO3. The Bertz CT molecular complexity index is 686. The van der Waals surface area contributed by atoms with Crippen LogP contribution in [0.5, 0.6) is 0 Å². The molecule has 0 aromatic heterocycles. The molecule has 1 N–H and O–H groups in total. The molecule has 5 unspecified atom stereocenters. The van der Waals surface area contributed by atoms with Crippen LogP contribution in [0.2, 0.25) is 0 Å². The molecule has 3 aliphatic rings. The number of carbonyl (C=O) groups excluding carboxylic acids is 1. The summed E-state index contributed by atoms with van der Waals surface area (Å²) in [5.74, 6) is 0.0527. The number of ether oxygens (including phenoxy) is 1. The van der Waals surface area contributed by atoms with Crippen LogP contribution in [0.3, 0.4) is 0 Å². The number of aliphatic hydroxyl groups excluding tert-OH is 1. The average molecular weight is 370 g/mol. The molecule has 1 aromatic carbocycles. The van der Waals surface area contributed by atoms with E-state index in [4.69, 9.17) is 4.74 Å². The molecule has 4 rings (SSSR count). The Morgan fingerprint density at radius 1 is 1.15 bits per heavy atom. The first-order chi connectivity index (χ1) is 13.2. The molecule has 4 nitrogen and oxygen atoms in total. The highest BCUT2D eigenvalue weighted by Crippen LogP contribution is 2.40. The lowest BCUT2D eigenvalue weighted by Crippen LogP contribution is -2.54. The van der Waals surface area contributed by atoms with Gasteiger partial charge in [-0.2, -0.15) is 0 Å². The van der Waals surface area contributed by atoms with Crippen molar-refractivity contribution in [1.29, 1.82) is 0 Å². The summed E-state index contributed by atoms with van der Waals surface area (Å²) in [5.41, 5.74) is 1.60. The van der Waals surface area contributed by atoms with Crippen LogP contribution in [0.25, 0.3) is 5.57 Å². The zero-order chi connectivity index (χ0) is 18.8. The first-order valence-corrected chi connectivity index (χ1v) is 10.6. The van der Waals surface area contributed by atoms with Crippen LogP contribution in [0, 0.1) is 11.8 Å². The summed E-state index contributed by atoms with van der Waals surface area (Å²) in [6, 6.07) is 10.4. The van der Waals surface area contributed by atoms with Crippen molar-refractivity contribution >= 4 is 11.4 Å². The summed E-state index contributed by atoms with van der Waals surface area (Å²) in [7, 11) is 0. The van der Waals surface area contributed by atoms with Gasteiger partial charge in [-0.05, 0) is 44.2 Å². The van der Waals surface area contributed by atoms with Gasteiger partial charge in [0.15, 0.2) is 5.78 Å². The lowest BCUT2D eigenvalue weighted by Gasteiger charge is -2.46. The Hall–Kier alpha value is -1.65. The van der Waals surface area contributed by atoms with Gasteiger partial charge >= 0.3 is 0 Å². The third-order valence-corrected chi connectivity index (χ3v) is 6.78. The van der Waals surface area contributed by atoms with Gasteiger partial charge < -0.3 is 9.84 Å². The minimum absolute atomic E-state index is 0.00780. The summed E-state index contributed by atoms with van der Waals surface area (Å²) in [5, 5.41) is 10.7. The summed E-state index contributed by atoms with van der Waals surface area (Å²) >= 11 is 0. The summed E-state index contributed by atoms with van der Waals surface area (Å²) in [6.45, 7) is 4.18. The molecule has 0 radical (unpaired) electrons. The maximum Gasteiger partial charge on any atom is 0.173 e. The van der Waals surface area contributed by atoms with E-state index in [0.29, 0.717) is 24.5 Å². The Balaban J connectivity index is 1.54. The molecule has 4 heteroatoms. The fourth-order valence-electron chi connectivity index (χ4n) is 5.21. The molecule has 0 bridgehead atoms. The maximum absolute atomic E-state index is 13.2. The van der Waals surface area contributed by atoms with Crippen LogP contribution in [0.1, 0.15) is 51.0 Å². The number of carbonyl (C=O) groups is 1. The molecule has 146 valence electrons. The van der Waals surface area contributed by atoms with Gasteiger partial charge in [0.05, 0.1) is 23.9 Å². The number of fused-ring (bicyclic) bond motifs is 1. The smallest absolute Gasteiger partial charge is 0.173 e. The topological polar surface area (TPSA) is 49.8 Å². The van der Waals surface area contributed by atoms with E-state index >= 15 is 0 Å². The molecule has 27 heavy (non-hydrogen) atoms. The van der Waals surface area contributed by atoms with Gasteiger partial charge in [-0.1, -0.05) is 43.7 Å². The van der Waals surface area contributed by atoms with Crippen molar-refractivity contribution in [2.24, 2.45) is 11.8 Å². The molecule has 1 saturated carbocycles. The highest BCUT2D eigenvalue weighted by atomic mass is 16.5. The molecule has 0 spiro atoms. The number of allylic oxidation sites excluding steroid dienone is 1. The second kappa shape index (κ2) is 8.15. The Kier molecular flexibility index (Phi) is 5.65. The molecular weight excluding hydrogens is 338 g/mol. The van der Waals surface area contributed by atoms with E-state index in [9.17, 15) is 9.90 Å². The van der Waals surface area contributed by atoms with E-state index in [1.165, 1.54) is 19.3 Å². The minimum Gasteiger partial charge on any atom is -0.496 e. The quantitative estimate of drug-likeness (QED) is 0.880. The van der Waals surface area contributed by atoms with Crippen molar-refractivity contribution in [3.8, 4) is 0 Å². The van der Waals surface area contributed by atoms with Gasteiger partial charge in [-0.25, -0.2) is 0 Å². The standard InChI is InChI=1S/C23H31NO3/c1-2-17-10-6-7-13-24(17)14-19-21(25)12-11-18-22(26)20(15-27-23(18)19)16-8-4-3-5-9-16/h3-5,8-9,15,17-19,21,23,25H,2,6-7,10-14H2,1H3. The SMILES string of the molecule is CCC1CCCCN1CC1C(O)CCC2C(=O)C(c3ccccc3)=COC21. The van der Waals surface area contributed by atoms with Crippen LogP contribution in [0.15, 0.2) is 36.6 Å². The van der Waals surface area contributed by atoms with E-state index in [-0.39, 0.29) is 29.8 Å². The van der Waals surface area contributed by atoms with E-state index in [1.807, 2.05) is 30.3 Å². The molecule has 1 saturated heterocycles. The van der Waals surface area contributed by atoms with Crippen molar-refractivity contribution in [3.05, 3.63) is 42.2 Å². The molecule has 1 aromatic rings. The highest BCUT2D eigenvalue weighted by molar-refractivity contribution is 6.22. The lowest BCUT2D eigenvalue weighted by atomic mass is 9.71. The molecule has 1 aliphatic carbocycles. The molecule has 2 fully saturated rings. The number of likely N-dealkylation sites (tertiary alicyclic amines) is 1. The second-order valence-electron chi connectivity index (χ2n) is 8.33. The largest absolute Gasteiger partial charge is 0.496 e. The highest BCUT2D eigenvalue weighted by Gasteiger charge is 2.47. The predicted octanol–water partition coefficient (Wildman–Crippen LogP) is 3.65. The molecule has 2 aliphatic heterocycles. The molecule has 2 heterocycles. The molecule has 0 amide bonds. The number of benzene rings is 1. The fraction of sp³-hybridized carbons (Fsp3) is 0.609. The predicted molar refractivity (Wildman–Crippen MR) is 106 cm³/mol. The normalized spacial score (nSPS) is 34.5. The van der Waals surface area contributed by atoms with Crippen molar-refractivity contribution < 1.29 is 14.6 Å². The summed E-state index contributed by atoms with van der Waals surface area (Å²) < 4.78 is 6.14. The van der Waals surface area contributed by atoms with Crippen LogP contribution in [-0.2, 0) is 9.53 Å². The maximum atomic E-state index is 13.2. The Morgan fingerprint density at radius 3 is 2.74 bits per heavy atom. The van der Waals surface area contributed by atoms with Crippen LogP contribution >= 0.6 is 0 Å². The van der Waals surface area contributed by atoms with Crippen LogP contribution < -0.4 is 0 Å². The third-order valence-electron chi connectivity index (χ3n) is 6.78. The van der Waals surface area contributed by atoms with Gasteiger partial charge in [-0.15, -0.1) is 0 Å². The van der Waals surface area contributed by atoms with Gasteiger partial charge in [0.2, 0.25) is 0 Å². The van der Waals surface area contributed by atoms with Gasteiger partial charge in [0.1, 0.15) is 6.10 Å². The van der Waals surface area contributed by atoms with Crippen LogP contribution in [-0.4, -0.2) is 47.1 Å². The van der Waals surface area contributed by atoms with Gasteiger partial charge in [0.25, 0.3) is 0 Å². The zero-order valence-electron chi connectivity index (χ0n) is 16.2. The summed E-state index contributed by atoms with van der Waals surface area (Å²) in [4.78, 5) is 15.7. The number of Topliss-reactive ketones (excluding diaryl/α,β-unsaturated/α-hetero) is 1. The van der Waals surface area contributed by atoms with E-state index < -0.39 is 0 Å². The first kappa shape index (κ1) is 18.7. The monoisotopic (exact) mass is 369 g/mol. The number of hydrogen-bond donors (Lipinski definition) is 1. The summed E-state index contributed by atoms with van der Waals surface area (Å²) in [6.07, 6.45) is 7.38. The van der Waals surface area contributed by atoms with E-state index in [1.54, 1.807) is 6.26 Å². The van der Waals surface area contributed by atoms with Crippen molar-refractivity contribution in [3.63, 3.8) is 0 Å². The fourth-order valence-corrected chi connectivity index (χ4v) is 5.21. The number of ketones is 1. The third kappa shape index (κ3) is 3.70. The van der Waals surface area contributed by atoms with Crippen molar-refractivity contribution in [2.75, 3.05) is 13.1 Å². The van der Waals surface area contributed by atoms with Crippen molar-refractivity contribution in [1.82, 2.24) is 4.90 Å². The number of piperidine rings is 1. The second-order valence-corrected chi connectivity index (χ2v) is 8.33. The van der Waals surface area contributed by atoms with Gasteiger partial charge in [-0.3, -0.25) is 9.69 Å². The van der Waals surface area contributed by atoms with E-state index in [2.05, 4.69) is 11.8 Å². The number of aliphatic hydroxyl groups is 1. The Labute approximate surface area is 162 Å². The Morgan fingerprint density at radius 2 is 1.96 bits per heavy atom. The number of nitrogens with zero attached hydrogens (tertiary/aromatic N) is 1. The first-order valence-electron chi connectivity index (χ1n) is 10.6. The molecule has 5 atom stereocenters. The van der Waals surface area contributed by atoms with Crippen molar-refractivity contribution in [2.45, 2.75) is 63.7 Å².